The summed E-state index contributed by atoms with van der Waals surface area (Å²) >= 11 is 0. The number of anilines is 1. The summed E-state index contributed by atoms with van der Waals surface area (Å²) in [5.41, 5.74) is 4.43. The van der Waals surface area contributed by atoms with Crippen molar-refractivity contribution in [3.63, 3.8) is 0 Å². The normalized spacial score (nSPS) is 16.9. The molecule has 1 unspecified atom stereocenters. The van der Waals surface area contributed by atoms with Crippen molar-refractivity contribution in [3.8, 4) is 17.0 Å². The van der Waals surface area contributed by atoms with E-state index >= 15 is 0 Å². The summed E-state index contributed by atoms with van der Waals surface area (Å²) in [6.45, 7) is 6.34. The number of nitrogens with one attached hydrogen (secondary N) is 1. The summed E-state index contributed by atoms with van der Waals surface area (Å²) < 4.78 is 6.92. The van der Waals surface area contributed by atoms with E-state index in [9.17, 15) is 9.59 Å². The summed E-state index contributed by atoms with van der Waals surface area (Å²) in [6, 6.07) is 25.0. The Bertz CT molecular complexity index is 1460. The maximum atomic E-state index is 14.1. The number of rotatable bonds is 6. The van der Waals surface area contributed by atoms with Gasteiger partial charge in [-0.25, -0.2) is 0 Å². The molecule has 1 aromatic heterocycles. The average Bonchev–Trinajstić information content (AvgIpc) is 3.34. The van der Waals surface area contributed by atoms with Crippen molar-refractivity contribution >= 4 is 17.5 Å². The fourth-order valence-electron chi connectivity index (χ4n) is 4.79. The molecule has 0 radical (unpaired) electrons. The van der Waals surface area contributed by atoms with E-state index in [1.807, 2.05) is 93.6 Å². The molecule has 1 atom stereocenters. The van der Waals surface area contributed by atoms with Gasteiger partial charge in [0.25, 0.3) is 5.91 Å². The number of hydrogen-bond donors (Lipinski definition) is 1. The van der Waals surface area contributed by atoms with E-state index < -0.39 is 5.54 Å². The third kappa shape index (κ3) is 4.48. The first kappa shape index (κ1) is 24.3. The molecule has 2 amide bonds. The van der Waals surface area contributed by atoms with Crippen molar-refractivity contribution in [2.45, 2.75) is 39.4 Å². The standard InChI is InChI=1S/C30H30N4O3/c1-20-10-11-21(2)26(16-20)34-28(35)27-17-25(23-12-14-24(37-4)15-13-23)32-33(27)19-30(34,3)29(36)31-18-22-8-6-5-7-9-22/h5-17H,18-19H2,1-4H3,(H,31,36). The summed E-state index contributed by atoms with van der Waals surface area (Å²) in [5.74, 6) is 0.245. The van der Waals surface area contributed by atoms with E-state index in [0.29, 0.717) is 17.9 Å². The Morgan fingerprint density at radius 1 is 1.03 bits per heavy atom. The van der Waals surface area contributed by atoms with Gasteiger partial charge in [-0.3, -0.25) is 19.2 Å². The Labute approximate surface area is 216 Å². The highest BCUT2D eigenvalue weighted by Gasteiger charge is 2.49. The molecule has 0 aliphatic carbocycles. The van der Waals surface area contributed by atoms with Gasteiger partial charge in [-0.15, -0.1) is 0 Å². The molecule has 4 aromatic rings. The second kappa shape index (κ2) is 9.58. The van der Waals surface area contributed by atoms with Gasteiger partial charge in [0.15, 0.2) is 0 Å². The predicted molar refractivity (Wildman–Crippen MR) is 144 cm³/mol. The van der Waals surface area contributed by atoms with Crippen LogP contribution in [0.4, 0.5) is 5.69 Å². The fraction of sp³-hybridized carbons (Fsp3) is 0.233. The molecule has 0 saturated carbocycles. The number of fused-ring (bicyclic) bond motifs is 1. The van der Waals surface area contributed by atoms with Crippen LogP contribution >= 0.6 is 0 Å². The molecule has 3 aromatic carbocycles. The topological polar surface area (TPSA) is 76.5 Å². The smallest absolute Gasteiger partial charge is 0.277 e. The Kier molecular flexibility index (Phi) is 6.29. The minimum atomic E-state index is -1.19. The summed E-state index contributed by atoms with van der Waals surface area (Å²) in [4.78, 5) is 29.5. The van der Waals surface area contributed by atoms with Gasteiger partial charge in [0.2, 0.25) is 5.91 Å². The molecule has 0 spiro atoms. The van der Waals surface area contributed by atoms with Crippen LogP contribution < -0.4 is 15.0 Å². The van der Waals surface area contributed by atoms with Crippen LogP contribution in [-0.2, 0) is 17.9 Å². The number of hydrogen-bond acceptors (Lipinski definition) is 4. The SMILES string of the molecule is COc1ccc(-c2cc3n(n2)CC(C)(C(=O)NCc2ccccc2)N(c2cc(C)ccc2C)C3=O)cc1. The van der Waals surface area contributed by atoms with E-state index in [2.05, 4.69) is 5.32 Å². The molecule has 1 aliphatic rings. The Morgan fingerprint density at radius 2 is 1.76 bits per heavy atom. The van der Waals surface area contributed by atoms with Gasteiger partial charge in [0.05, 0.1) is 19.3 Å². The van der Waals surface area contributed by atoms with Gasteiger partial charge in [-0.2, -0.15) is 5.10 Å². The second-order valence-electron chi connectivity index (χ2n) is 9.67. The molecule has 7 nitrogen and oxygen atoms in total. The Hall–Kier alpha value is -4.39. The number of amides is 2. The number of carbonyl (C=O) groups excluding carboxylic acids is 2. The molecule has 1 N–H and O–H groups in total. The number of benzene rings is 3. The molecule has 5 rings (SSSR count). The van der Waals surface area contributed by atoms with Gasteiger partial charge in [-0.05, 0) is 73.9 Å². The monoisotopic (exact) mass is 494 g/mol. The van der Waals surface area contributed by atoms with Crippen molar-refractivity contribution in [1.82, 2.24) is 15.1 Å². The molecule has 1 aliphatic heterocycles. The third-order valence-corrected chi connectivity index (χ3v) is 6.93. The first-order valence-corrected chi connectivity index (χ1v) is 12.3. The number of nitrogens with zero attached hydrogens (tertiary/aromatic N) is 3. The molecular formula is C30H30N4O3. The van der Waals surface area contributed by atoms with Crippen LogP contribution in [0, 0.1) is 13.8 Å². The average molecular weight is 495 g/mol. The van der Waals surface area contributed by atoms with Crippen molar-refractivity contribution < 1.29 is 14.3 Å². The van der Waals surface area contributed by atoms with Crippen LogP contribution in [0.5, 0.6) is 5.75 Å². The van der Waals surface area contributed by atoms with E-state index in [1.54, 1.807) is 22.8 Å². The molecule has 37 heavy (non-hydrogen) atoms. The highest BCUT2D eigenvalue weighted by Crippen LogP contribution is 2.36. The first-order chi connectivity index (χ1) is 17.8. The van der Waals surface area contributed by atoms with E-state index in [1.165, 1.54) is 0 Å². The van der Waals surface area contributed by atoms with Gasteiger partial charge in [-0.1, -0.05) is 42.5 Å². The van der Waals surface area contributed by atoms with Crippen molar-refractivity contribution in [3.05, 3.63) is 101 Å². The lowest BCUT2D eigenvalue weighted by Crippen LogP contribution is -2.64. The second-order valence-corrected chi connectivity index (χ2v) is 9.67. The lowest BCUT2D eigenvalue weighted by molar-refractivity contribution is -0.126. The van der Waals surface area contributed by atoms with Crippen LogP contribution in [0.25, 0.3) is 11.3 Å². The molecule has 188 valence electrons. The van der Waals surface area contributed by atoms with Gasteiger partial charge >= 0.3 is 0 Å². The highest BCUT2D eigenvalue weighted by atomic mass is 16.5. The largest absolute Gasteiger partial charge is 0.497 e. The van der Waals surface area contributed by atoms with Gasteiger partial charge < -0.3 is 10.1 Å². The summed E-state index contributed by atoms with van der Waals surface area (Å²) in [6.07, 6.45) is 0. The van der Waals surface area contributed by atoms with Crippen LogP contribution in [0.2, 0.25) is 0 Å². The number of carbonyl (C=O) groups is 2. The van der Waals surface area contributed by atoms with E-state index in [0.717, 1.165) is 33.7 Å². The van der Waals surface area contributed by atoms with Crippen molar-refractivity contribution in [1.29, 1.82) is 0 Å². The number of aryl methyl sites for hydroxylation is 2. The maximum Gasteiger partial charge on any atom is 0.277 e. The maximum absolute atomic E-state index is 14.1. The van der Waals surface area contributed by atoms with Crippen LogP contribution in [0.15, 0.2) is 78.9 Å². The minimum Gasteiger partial charge on any atom is -0.497 e. The zero-order chi connectivity index (χ0) is 26.2. The summed E-state index contributed by atoms with van der Waals surface area (Å²) in [7, 11) is 1.62. The summed E-state index contributed by atoms with van der Waals surface area (Å²) in [5, 5.41) is 7.80. The van der Waals surface area contributed by atoms with E-state index in [-0.39, 0.29) is 18.4 Å². The quantitative estimate of drug-likeness (QED) is 0.413. The lowest BCUT2D eigenvalue weighted by Gasteiger charge is -2.43. The van der Waals surface area contributed by atoms with Crippen LogP contribution in [0.3, 0.4) is 0 Å². The first-order valence-electron chi connectivity index (χ1n) is 12.3. The zero-order valence-corrected chi connectivity index (χ0v) is 21.5. The minimum absolute atomic E-state index is 0.220. The van der Waals surface area contributed by atoms with Crippen LogP contribution in [-0.4, -0.2) is 34.2 Å². The molecule has 7 heteroatoms. The zero-order valence-electron chi connectivity index (χ0n) is 21.5. The third-order valence-electron chi connectivity index (χ3n) is 6.93. The lowest BCUT2D eigenvalue weighted by atomic mass is 9.92. The van der Waals surface area contributed by atoms with Crippen LogP contribution in [0.1, 0.15) is 34.1 Å². The fourth-order valence-corrected chi connectivity index (χ4v) is 4.79. The predicted octanol–water partition coefficient (Wildman–Crippen LogP) is 4.91. The number of methoxy groups -OCH3 is 1. The Balaban J connectivity index is 1.56. The Morgan fingerprint density at radius 3 is 2.46 bits per heavy atom. The van der Waals surface area contributed by atoms with Crippen molar-refractivity contribution in [2.24, 2.45) is 0 Å². The number of aromatic nitrogens is 2. The molecule has 0 saturated heterocycles. The number of ether oxygens (including phenoxy) is 1. The van der Waals surface area contributed by atoms with Crippen molar-refractivity contribution in [2.75, 3.05) is 12.0 Å². The molecular weight excluding hydrogens is 464 g/mol. The molecule has 0 fully saturated rings. The van der Waals surface area contributed by atoms with Gasteiger partial charge in [0, 0.05) is 17.8 Å². The molecule has 2 heterocycles. The highest BCUT2D eigenvalue weighted by molar-refractivity contribution is 6.12. The van der Waals surface area contributed by atoms with Gasteiger partial charge in [0.1, 0.15) is 17.0 Å². The molecule has 0 bridgehead atoms. The van der Waals surface area contributed by atoms with E-state index in [4.69, 9.17) is 9.84 Å².